The minimum Gasteiger partial charge on any atom is -0.480 e. The van der Waals surface area contributed by atoms with Crippen LogP contribution in [-0.2, 0) is 16.1 Å². The molecule has 3 aromatic rings. The second-order valence-electron chi connectivity index (χ2n) is 6.99. The number of amides is 2. The molecule has 13 nitrogen and oxygen atoms in total. The first kappa shape index (κ1) is 23.1. The quantitative estimate of drug-likeness (QED) is 0.247. The van der Waals surface area contributed by atoms with Crippen molar-refractivity contribution in [1.29, 1.82) is 0 Å². The Morgan fingerprint density at radius 1 is 1.18 bits per heavy atom. The van der Waals surface area contributed by atoms with E-state index in [1.165, 1.54) is 25.4 Å². The van der Waals surface area contributed by atoms with E-state index in [9.17, 15) is 24.3 Å². The van der Waals surface area contributed by atoms with Crippen molar-refractivity contribution in [2.45, 2.75) is 25.4 Å². The number of carboxylic acids is 1. The minimum atomic E-state index is -1.22. The number of aromatic nitrogens is 4. The summed E-state index contributed by atoms with van der Waals surface area (Å²) in [5, 5.41) is 17.2. The van der Waals surface area contributed by atoms with Crippen LogP contribution >= 0.6 is 0 Å². The molecule has 2 aromatic heterocycles. The van der Waals surface area contributed by atoms with Crippen LogP contribution in [0.25, 0.3) is 11.2 Å². The van der Waals surface area contributed by atoms with Gasteiger partial charge in [0.25, 0.3) is 11.5 Å². The van der Waals surface area contributed by atoms with Crippen molar-refractivity contribution in [3.63, 3.8) is 0 Å². The van der Waals surface area contributed by atoms with Crippen LogP contribution in [0.3, 0.4) is 0 Å². The largest absolute Gasteiger partial charge is 0.480 e. The van der Waals surface area contributed by atoms with Crippen molar-refractivity contribution in [3.8, 4) is 0 Å². The molecule has 1 atom stereocenters. The third-order valence-electron chi connectivity index (χ3n) is 4.65. The lowest BCUT2D eigenvalue weighted by atomic mass is 10.1. The number of anilines is 2. The minimum absolute atomic E-state index is 0.0242. The first-order valence-corrected chi connectivity index (χ1v) is 9.86. The molecule has 0 spiro atoms. The van der Waals surface area contributed by atoms with Gasteiger partial charge in [-0.15, -0.1) is 0 Å². The highest BCUT2D eigenvalue weighted by Gasteiger charge is 2.21. The second kappa shape index (κ2) is 10.2. The summed E-state index contributed by atoms with van der Waals surface area (Å²) in [5.74, 6) is -2.15. The van der Waals surface area contributed by atoms with Crippen LogP contribution in [0.4, 0.5) is 11.6 Å². The molecular weight excluding hydrogens is 432 g/mol. The molecule has 0 aliphatic rings. The molecule has 7 N–H and O–H groups in total. The lowest BCUT2D eigenvalue weighted by Gasteiger charge is -2.14. The fourth-order valence-corrected chi connectivity index (χ4v) is 2.89. The van der Waals surface area contributed by atoms with E-state index in [1.807, 2.05) is 0 Å². The molecule has 1 aromatic carbocycles. The molecular formula is C20H22N8O5. The number of aromatic amines is 1. The molecule has 0 fully saturated rings. The summed E-state index contributed by atoms with van der Waals surface area (Å²) in [6.45, 7) is 0.249. The number of hydrogen-bond donors (Lipinski definition) is 6. The number of H-pyrrole nitrogens is 1. The normalized spacial score (nSPS) is 11.5. The van der Waals surface area contributed by atoms with Gasteiger partial charge < -0.3 is 26.8 Å². The Bertz CT molecular complexity index is 1240. The topological polar surface area (TPSA) is 205 Å². The predicted octanol–water partition coefficient (Wildman–Crippen LogP) is -0.383. The summed E-state index contributed by atoms with van der Waals surface area (Å²) in [4.78, 5) is 61.6. The van der Waals surface area contributed by atoms with E-state index in [-0.39, 0.29) is 48.0 Å². The number of carbonyl (C=O) groups is 3. The zero-order valence-electron chi connectivity index (χ0n) is 17.6. The van der Waals surface area contributed by atoms with Crippen molar-refractivity contribution >= 4 is 40.6 Å². The maximum Gasteiger partial charge on any atom is 0.326 e. The molecule has 2 amide bonds. The summed E-state index contributed by atoms with van der Waals surface area (Å²) in [5.41, 5.74) is 6.61. The van der Waals surface area contributed by atoms with Crippen molar-refractivity contribution in [2.24, 2.45) is 0 Å². The van der Waals surface area contributed by atoms with Crippen molar-refractivity contribution in [1.82, 2.24) is 30.6 Å². The van der Waals surface area contributed by atoms with E-state index in [1.54, 1.807) is 12.1 Å². The Morgan fingerprint density at radius 2 is 1.91 bits per heavy atom. The highest BCUT2D eigenvalue weighted by atomic mass is 16.4. The Kier molecular flexibility index (Phi) is 7.13. The highest BCUT2D eigenvalue weighted by Crippen LogP contribution is 2.12. The number of hydrogen-bond acceptors (Lipinski definition) is 9. The van der Waals surface area contributed by atoms with Gasteiger partial charge in [0.1, 0.15) is 6.04 Å². The smallest absolute Gasteiger partial charge is 0.326 e. The Balaban J connectivity index is 1.61. The van der Waals surface area contributed by atoms with E-state index in [4.69, 9.17) is 5.73 Å². The lowest BCUT2D eigenvalue weighted by Crippen LogP contribution is -2.41. The molecule has 2 heterocycles. The van der Waals surface area contributed by atoms with Gasteiger partial charge >= 0.3 is 5.97 Å². The van der Waals surface area contributed by atoms with E-state index in [0.717, 1.165) is 0 Å². The highest BCUT2D eigenvalue weighted by molar-refractivity contribution is 5.97. The molecule has 33 heavy (non-hydrogen) atoms. The number of fused-ring (bicyclic) bond motifs is 1. The molecule has 13 heteroatoms. The monoisotopic (exact) mass is 454 g/mol. The number of aliphatic carboxylic acids is 1. The zero-order valence-corrected chi connectivity index (χ0v) is 17.6. The molecule has 0 saturated heterocycles. The van der Waals surface area contributed by atoms with Gasteiger partial charge in [-0.3, -0.25) is 19.4 Å². The van der Waals surface area contributed by atoms with E-state index in [0.29, 0.717) is 11.4 Å². The standard InChI is InChI=1S/C20H22N8O5/c1-22-14(29)7-6-13(19(32)33)26-17(30)10-2-4-11(5-3-10)23-8-12-9-24-16-15(25-12)18(31)28-20(21)27-16/h2-5,9,13,23H,6-8H2,1H3,(H,22,29)(H,26,30)(H,32,33)(H3,21,24,27,28,31). The van der Waals surface area contributed by atoms with Crippen LogP contribution in [0, 0.1) is 0 Å². The van der Waals surface area contributed by atoms with Crippen LogP contribution in [0.1, 0.15) is 28.9 Å². The van der Waals surface area contributed by atoms with Crippen molar-refractivity contribution < 1.29 is 19.5 Å². The lowest BCUT2D eigenvalue weighted by molar-refractivity contribution is -0.139. The third kappa shape index (κ3) is 6.00. The zero-order chi connectivity index (χ0) is 24.0. The molecule has 3 rings (SSSR count). The summed E-state index contributed by atoms with van der Waals surface area (Å²) in [7, 11) is 1.45. The van der Waals surface area contributed by atoms with Crippen LogP contribution in [0.5, 0.6) is 0 Å². The fraction of sp³-hybridized carbons (Fsp3) is 0.250. The molecule has 0 bridgehead atoms. The number of carbonyl (C=O) groups excluding carboxylic acids is 2. The number of benzene rings is 1. The van der Waals surface area contributed by atoms with E-state index < -0.39 is 23.5 Å². The molecule has 172 valence electrons. The maximum atomic E-state index is 12.4. The molecule has 1 unspecified atom stereocenters. The maximum absolute atomic E-state index is 12.4. The van der Waals surface area contributed by atoms with Gasteiger partial charge in [-0.25, -0.2) is 14.8 Å². The average Bonchev–Trinajstić information content (AvgIpc) is 2.80. The van der Waals surface area contributed by atoms with Gasteiger partial charge in [0.15, 0.2) is 11.2 Å². The van der Waals surface area contributed by atoms with Crippen molar-refractivity contribution in [3.05, 3.63) is 52.1 Å². The summed E-state index contributed by atoms with van der Waals surface area (Å²) in [6.07, 6.45) is 1.41. The van der Waals surface area contributed by atoms with Crippen molar-refractivity contribution in [2.75, 3.05) is 18.1 Å². The molecule has 0 aliphatic heterocycles. The van der Waals surface area contributed by atoms with Crippen LogP contribution in [-0.4, -0.2) is 55.9 Å². The molecule has 0 radical (unpaired) electrons. The van der Waals surface area contributed by atoms with Crippen LogP contribution < -0.4 is 27.2 Å². The second-order valence-corrected chi connectivity index (χ2v) is 6.99. The summed E-state index contributed by atoms with van der Waals surface area (Å²) < 4.78 is 0. The molecule has 0 aliphatic carbocycles. The number of nitrogens with two attached hydrogens (primary N) is 1. The van der Waals surface area contributed by atoms with E-state index in [2.05, 4.69) is 35.9 Å². The number of nitrogen functional groups attached to an aromatic ring is 1. The number of nitrogens with zero attached hydrogens (tertiary/aromatic N) is 3. The van der Waals surface area contributed by atoms with Gasteiger partial charge in [0.05, 0.1) is 18.4 Å². The van der Waals surface area contributed by atoms with Gasteiger partial charge in [-0.2, -0.15) is 4.98 Å². The SMILES string of the molecule is CNC(=O)CCC(NC(=O)c1ccc(NCc2cnc3nc(N)[nH]c(=O)c3n2)cc1)C(=O)O. The third-order valence-corrected chi connectivity index (χ3v) is 4.65. The summed E-state index contributed by atoms with van der Waals surface area (Å²) in [6, 6.07) is 5.14. The Labute approximate surface area is 186 Å². The van der Waals surface area contributed by atoms with Gasteiger partial charge in [-0.05, 0) is 30.7 Å². The first-order valence-electron chi connectivity index (χ1n) is 9.86. The Hall–Kier alpha value is -4.55. The molecule has 0 saturated carbocycles. The first-order chi connectivity index (χ1) is 15.8. The number of rotatable bonds is 9. The van der Waals surface area contributed by atoms with Gasteiger partial charge in [-0.1, -0.05) is 0 Å². The number of nitrogens with one attached hydrogen (secondary N) is 4. The fourth-order valence-electron chi connectivity index (χ4n) is 2.89. The van der Waals surface area contributed by atoms with Crippen LogP contribution in [0.2, 0.25) is 0 Å². The summed E-state index contributed by atoms with van der Waals surface area (Å²) >= 11 is 0. The average molecular weight is 454 g/mol. The predicted molar refractivity (Wildman–Crippen MR) is 118 cm³/mol. The number of carboxylic acid groups (broad SMARTS) is 1. The van der Waals surface area contributed by atoms with Gasteiger partial charge in [0.2, 0.25) is 11.9 Å². The Morgan fingerprint density at radius 3 is 2.58 bits per heavy atom. The van der Waals surface area contributed by atoms with E-state index >= 15 is 0 Å². The van der Waals surface area contributed by atoms with Gasteiger partial charge in [0, 0.05) is 24.7 Å². The van der Waals surface area contributed by atoms with Crippen LogP contribution in [0.15, 0.2) is 35.3 Å².